The molecule has 0 saturated carbocycles. The van der Waals surface area contributed by atoms with Gasteiger partial charge in [-0.05, 0) is 57.9 Å². The van der Waals surface area contributed by atoms with Crippen molar-refractivity contribution in [2.75, 3.05) is 17.1 Å². The van der Waals surface area contributed by atoms with E-state index in [-0.39, 0.29) is 33.2 Å². The van der Waals surface area contributed by atoms with Gasteiger partial charge in [0.2, 0.25) is 21.8 Å². The molecular formula is C24H30Cl3N3O4S. The summed E-state index contributed by atoms with van der Waals surface area (Å²) in [4.78, 5) is 27.9. The molecule has 0 saturated heterocycles. The zero-order valence-electron chi connectivity index (χ0n) is 20.5. The fourth-order valence-electron chi connectivity index (χ4n) is 3.33. The van der Waals surface area contributed by atoms with Crippen molar-refractivity contribution in [1.82, 2.24) is 10.2 Å². The molecule has 0 aliphatic rings. The number of amides is 2. The fourth-order valence-corrected chi connectivity index (χ4v) is 4.87. The molecule has 0 fully saturated rings. The van der Waals surface area contributed by atoms with E-state index in [2.05, 4.69) is 5.32 Å². The minimum absolute atomic E-state index is 0.0135. The lowest BCUT2D eigenvalue weighted by Gasteiger charge is -2.33. The number of nitrogens with zero attached hydrogens (tertiary/aromatic N) is 2. The normalized spacial score (nSPS) is 12.7. The molecule has 7 nitrogen and oxygen atoms in total. The van der Waals surface area contributed by atoms with Gasteiger partial charge in [0.1, 0.15) is 12.6 Å². The number of benzene rings is 2. The number of carbonyl (C=O) groups excluding carboxylic acids is 2. The number of rotatable bonds is 8. The van der Waals surface area contributed by atoms with Gasteiger partial charge in [-0.1, -0.05) is 59.1 Å². The first-order chi connectivity index (χ1) is 16.0. The summed E-state index contributed by atoms with van der Waals surface area (Å²) in [6.45, 7) is 8.53. The van der Waals surface area contributed by atoms with Gasteiger partial charge in [0.25, 0.3) is 0 Å². The van der Waals surface area contributed by atoms with Crippen molar-refractivity contribution in [2.45, 2.75) is 52.7 Å². The topological polar surface area (TPSA) is 86.8 Å². The number of nitrogens with one attached hydrogen (secondary N) is 1. The molecule has 1 N–H and O–H groups in total. The second kappa shape index (κ2) is 11.4. The van der Waals surface area contributed by atoms with E-state index >= 15 is 0 Å². The lowest BCUT2D eigenvalue weighted by molar-refractivity contribution is -0.140. The first kappa shape index (κ1) is 29.2. The van der Waals surface area contributed by atoms with Crippen LogP contribution < -0.4 is 9.62 Å². The van der Waals surface area contributed by atoms with Crippen molar-refractivity contribution in [3.05, 3.63) is 62.6 Å². The Morgan fingerprint density at radius 3 is 2.14 bits per heavy atom. The summed E-state index contributed by atoms with van der Waals surface area (Å²) in [5.41, 5.74) is 1.25. The smallest absolute Gasteiger partial charge is 0.244 e. The van der Waals surface area contributed by atoms with Gasteiger partial charge in [0, 0.05) is 12.1 Å². The fraction of sp³-hybridized carbons (Fsp3) is 0.417. The number of hydrogen-bond acceptors (Lipinski definition) is 4. The molecule has 0 aliphatic heterocycles. The summed E-state index contributed by atoms with van der Waals surface area (Å²) < 4.78 is 26.2. The van der Waals surface area contributed by atoms with Crippen LogP contribution in [0.5, 0.6) is 0 Å². The van der Waals surface area contributed by atoms with E-state index in [9.17, 15) is 18.0 Å². The highest BCUT2D eigenvalue weighted by atomic mass is 35.5. The molecule has 0 heterocycles. The van der Waals surface area contributed by atoms with Gasteiger partial charge in [0.15, 0.2) is 0 Å². The van der Waals surface area contributed by atoms with Crippen LogP contribution in [0.1, 0.15) is 38.8 Å². The minimum atomic E-state index is -3.96. The molecule has 0 unspecified atom stereocenters. The Hall–Kier alpha value is -2.00. The van der Waals surface area contributed by atoms with Crippen LogP contribution in [0.2, 0.25) is 15.1 Å². The maximum absolute atomic E-state index is 13.6. The van der Waals surface area contributed by atoms with Gasteiger partial charge >= 0.3 is 0 Å². The van der Waals surface area contributed by atoms with E-state index in [1.165, 1.54) is 17.0 Å². The number of sulfonamides is 1. The van der Waals surface area contributed by atoms with Crippen LogP contribution in [-0.4, -0.2) is 49.5 Å². The third-order valence-electron chi connectivity index (χ3n) is 5.21. The molecule has 0 aromatic heterocycles. The first-order valence-electron chi connectivity index (χ1n) is 10.8. The lowest BCUT2D eigenvalue weighted by atomic mass is 10.1. The van der Waals surface area contributed by atoms with E-state index in [0.29, 0.717) is 0 Å². The lowest BCUT2D eigenvalue weighted by Crippen LogP contribution is -2.54. The van der Waals surface area contributed by atoms with Crippen LogP contribution in [0.3, 0.4) is 0 Å². The molecule has 35 heavy (non-hydrogen) atoms. The van der Waals surface area contributed by atoms with Crippen LogP contribution in [0.25, 0.3) is 0 Å². The van der Waals surface area contributed by atoms with E-state index in [1.54, 1.807) is 6.92 Å². The Bertz CT molecular complexity index is 1210. The monoisotopic (exact) mass is 561 g/mol. The number of aryl methyl sites for hydroxylation is 1. The summed E-state index contributed by atoms with van der Waals surface area (Å²) in [6, 6.07) is 9.19. The number of carbonyl (C=O) groups is 2. The van der Waals surface area contributed by atoms with Crippen molar-refractivity contribution in [3.8, 4) is 0 Å². The summed E-state index contributed by atoms with van der Waals surface area (Å²) in [7, 11) is -3.96. The predicted octanol–water partition coefficient (Wildman–Crippen LogP) is 5.05. The SMILES string of the molecule is Cc1ccccc1CN(C(=O)CN(c1cc(Cl)c(Cl)cc1Cl)S(C)(=O)=O)[C@@H](C)C(=O)NC(C)(C)C. The van der Waals surface area contributed by atoms with Crippen LogP contribution >= 0.6 is 34.8 Å². The van der Waals surface area contributed by atoms with Gasteiger partial charge in [0.05, 0.1) is 27.0 Å². The molecule has 192 valence electrons. The van der Waals surface area contributed by atoms with E-state index in [4.69, 9.17) is 34.8 Å². The molecule has 0 spiro atoms. The van der Waals surface area contributed by atoms with E-state index in [1.807, 2.05) is 52.0 Å². The number of anilines is 1. The quantitative estimate of drug-likeness (QED) is 0.456. The van der Waals surface area contributed by atoms with Crippen LogP contribution in [0.15, 0.2) is 36.4 Å². The van der Waals surface area contributed by atoms with Crippen molar-refractivity contribution in [2.24, 2.45) is 0 Å². The summed E-state index contributed by atoms with van der Waals surface area (Å²) in [6.07, 6.45) is 0.959. The highest BCUT2D eigenvalue weighted by Crippen LogP contribution is 2.35. The molecular weight excluding hydrogens is 533 g/mol. The Labute approximate surface area is 222 Å². The first-order valence-corrected chi connectivity index (χ1v) is 13.8. The summed E-state index contributed by atoms with van der Waals surface area (Å²) >= 11 is 18.4. The van der Waals surface area contributed by atoms with Crippen molar-refractivity contribution < 1.29 is 18.0 Å². The predicted molar refractivity (Wildman–Crippen MR) is 143 cm³/mol. The Morgan fingerprint density at radius 1 is 1.03 bits per heavy atom. The molecule has 0 aliphatic carbocycles. The Balaban J connectivity index is 2.49. The standard InChI is InChI=1S/C24H30Cl3N3O4S/c1-15-9-7-8-10-17(15)13-29(16(2)23(32)28-24(3,4)5)22(31)14-30(35(6,33)34)21-12-19(26)18(25)11-20(21)27/h7-12,16H,13-14H2,1-6H3,(H,28,32)/t16-/m0/s1. The maximum atomic E-state index is 13.6. The average Bonchev–Trinajstić information content (AvgIpc) is 2.71. The third kappa shape index (κ3) is 8.00. The molecule has 0 radical (unpaired) electrons. The Kier molecular flexibility index (Phi) is 9.50. The second-order valence-corrected chi connectivity index (χ2v) is 12.5. The zero-order chi connectivity index (χ0) is 26.7. The van der Waals surface area contributed by atoms with Gasteiger partial charge < -0.3 is 10.2 Å². The van der Waals surface area contributed by atoms with Crippen LogP contribution in [0, 0.1) is 6.92 Å². The highest BCUT2D eigenvalue weighted by Gasteiger charge is 2.32. The van der Waals surface area contributed by atoms with Crippen molar-refractivity contribution in [3.63, 3.8) is 0 Å². The van der Waals surface area contributed by atoms with Gasteiger partial charge in [-0.3, -0.25) is 13.9 Å². The maximum Gasteiger partial charge on any atom is 0.244 e. The van der Waals surface area contributed by atoms with Gasteiger partial charge in [-0.15, -0.1) is 0 Å². The summed E-state index contributed by atoms with van der Waals surface area (Å²) in [5, 5.41) is 3.12. The minimum Gasteiger partial charge on any atom is -0.350 e. The molecule has 2 rings (SSSR count). The molecule has 2 amide bonds. The highest BCUT2D eigenvalue weighted by molar-refractivity contribution is 7.92. The van der Waals surface area contributed by atoms with E-state index in [0.717, 1.165) is 21.7 Å². The van der Waals surface area contributed by atoms with Crippen LogP contribution in [-0.2, 0) is 26.2 Å². The largest absolute Gasteiger partial charge is 0.350 e. The third-order valence-corrected chi connectivity index (χ3v) is 7.36. The number of hydrogen-bond donors (Lipinski definition) is 1. The average molecular weight is 563 g/mol. The number of halogens is 3. The molecule has 2 aromatic rings. The van der Waals surface area contributed by atoms with Gasteiger partial charge in [-0.2, -0.15) is 0 Å². The van der Waals surface area contributed by atoms with Crippen LogP contribution in [0.4, 0.5) is 5.69 Å². The molecule has 11 heteroatoms. The Morgan fingerprint density at radius 2 is 1.60 bits per heavy atom. The molecule has 1 atom stereocenters. The van der Waals surface area contributed by atoms with E-state index < -0.39 is 34.1 Å². The van der Waals surface area contributed by atoms with Crippen molar-refractivity contribution >= 4 is 62.3 Å². The van der Waals surface area contributed by atoms with Gasteiger partial charge in [-0.25, -0.2) is 8.42 Å². The molecule has 2 aromatic carbocycles. The molecule has 0 bridgehead atoms. The van der Waals surface area contributed by atoms with Crippen molar-refractivity contribution in [1.29, 1.82) is 0 Å². The summed E-state index contributed by atoms with van der Waals surface area (Å²) in [5.74, 6) is -0.949. The zero-order valence-corrected chi connectivity index (χ0v) is 23.6. The second-order valence-electron chi connectivity index (χ2n) is 9.35.